The molecule has 6 nitrogen and oxygen atoms in total. The summed E-state index contributed by atoms with van der Waals surface area (Å²) in [5, 5.41) is 10.9. The Balaban J connectivity index is 1.12. The molecule has 3 aromatic carbocycles. The summed E-state index contributed by atoms with van der Waals surface area (Å²) >= 11 is 0. The standard InChI is InChI=1S/C30H37N5O/c1-35(2)29-25-10-6-7-11-27(25)33-30(34-29)32-23-15-12-21(13-16-23)18-19-31-20-26-24-9-5-4-8-22(24)14-17-28(26)36-3/h4-11,14,17,21,23,31H,12-13,15-16,18-20H2,1-3H3,(H,32,33,34). The van der Waals surface area contributed by atoms with E-state index in [1.165, 1.54) is 35.6 Å². The van der Waals surface area contributed by atoms with Crippen LogP contribution in [0.1, 0.15) is 37.7 Å². The average Bonchev–Trinajstić information content (AvgIpc) is 2.91. The fourth-order valence-corrected chi connectivity index (χ4v) is 5.45. The second kappa shape index (κ2) is 11.1. The maximum absolute atomic E-state index is 5.65. The van der Waals surface area contributed by atoms with Crippen LogP contribution in [0.4, 0.5) is 11.8 Å². The number of aromatic nitrogens is 2. The van der Waals surface area contributed by atoms with Gasteiger partial charge in [0.25, 0.3) is 0 Å². The Morgan fingerprint density at radius 1 is 0.889 bits per heavy atom. The van der Waals surface area contributed by atoms with Crippen molar-refractivity contribution in [3.63, 3.8) is 0 Å². The SMILES string of the molecule is COc1ccc2ccccc2c1CNCCC1CCC(Nc2nc(N(C)C)c3ccccc3n2)CC1. The van der Waals surface area contributed by atoms with Crippen LogP contribution in [-0.4, -0.2) is 43.8 Å². The zero-order valence-electron chi connectivity index (χ0n) is 21.6. The fraction of sp³-hybridized carbons (Fsp3) is 0.400. The first kappa shape index (κ1) is 24.3. The maximum atomic E-state index is 5.65. The summed E-state index contributed by atoms with van der Waals surface area (Å²) in [6, 6.07) is 21.4. The highest BCUT2D eigenvalue weighted by Crippen LogP contribution is 2.31. The van der Waals surface area contributed by atoms with E-state index in [-0.39, 0.29) is 0 Å². The quantitative estimate of drug-likeness (QED) is 0.284. The van der Waals surface area contributed by atoms with Crippen molar-refractivity contribution in [3.05, 3.63) is 66.2 Å². The number of nitrogens with zero attached hydrogens (tertiary/aromatic N) is 3. The van der Waals surface area contributed by atoms with Gasteiger partial charge in [0, 0.05) is 37.6 Å². The third kappa shape index (κ3) is 5.39. The summed E-state index contributed by atoms with van der Waals surface area (Å²) in [6.07, 6.45) is 6.01. The molecule has 0 atom stereocenters. The minimum Gasteiger partial charge on any atom is -0.496 e. The zero-order chi connectivity index (χ0) is 24.9. The van der Waals surface area contributed by atoms with Crippen molar-refractivity contribution in [3.8, 4) is 5.75 Å². The minimum absolute atomic E-state index is 0.435. The molecular formula is C30H37N5O. The number of fused-ring (bicyclic) bond motifs is 2. The van der Waals surface area contributed by atoms with Crippen molar-refractivity contribution in [1.29, 1.82) is 0 Å². The van der Waals surface area contributed by atoms with E-state index in [0.29, 0.717) is 6.04 Å². The number of nitrogens with one attached hydrogen (secondary N) is 2. The average molecular weight is 484 g/mol. The molecule has 2 N–H and O–H groups in total. The molecule has 0 bridgehead atoms. The number of hydrogen-bond donors (Lipinski definition) is 2. The second-order valence-electron chi connectivity index (χ2n) is 10.1. The lowest BCUT2D eigenvalue weighted by atomic mass is 9.84. The highest BCUT2D eigenvalue weighted by atomic mass is 16.5. The van der Waals surface area contributed by atoms with Crippen molar-refractivity contribution in [2.45, 2.75) is 44.7 Å². The van der Waals surface area contributed by atoms with Gasteiger partial charge in [-0.3, -0.25) is 0 Å². The number of benzene rings is 3. The lowest BCUT2D eigenvalue weighted by molar-refractivity contribution is 0.316. The first-order valence-corrected chi connectivity index (χ1v) is 13.1. The van der Waals surface area contributed by atoms with Gasteiger partial charge in [0.15, 0.2) is 0 Å². The Morgan fingerprint density at radius 2 is 1.64 bits per heavy atom. The Hall–Kier alpha value is -3.38. The zero-order valence-corrected chi connectivity index (χ0v) is 21.6. The maximum Gasteiger partial charge on any atom is 0.225 e. The molecule has 1 heterocycles. The molecule has 1 fully saturated rings. The van der Waals surface area contributed by atoms with E-state index in [9.17, 15) is 0 Å². The van der Waals surface area contributed by atoms with Crippen LogP contribution in [0.2, 0.25) is 0 Å². The van der Waals surface area contributed by atoms with Gasteiger partial charge < -0.3 is 20.3 Å². The van der Waals surface area contributed by atoms with Gasteiger partial charge in [-0.2, -0.15) is 4.98 Å². The molecule has 0 spiro atoms. The Bertz CT molecular complexity index is 1310. The van der Waals surface area contributed by atoms with Crippen molar-refractivity contribution in [2.75, 3.05) is 38.0 Å². The van der Waals surface area contributed by atoms with Gasteiger partial charge in [0.2, 0.25) is 5.95 Å². The monoisotopic (exact) mass is 483 g/mol. The summed E-state index contributed by atoms with van der Waals surface area (Å²) in [5.41, 5.74) is 2.23. The molecule has 5 rings (SSSR count). The lowest BCUT2D eigenvalue weighted by Crippen LogP contribution is -2.28. The van der Waals surface area contributed by atoms with Gasteiger partial charge in [0.05, 0.1) is 12.6 Å². The molecule has 1 aromatic heterocycles. The largest absolute Gasteiger partial charge is 0.496 e. The topological polar surface area (TPSA) is 62.3 Å². The van der Waals surface area contributed by atoms with Gasteiger partial charge in [-0.15, -0.1) is 0 Å². The van der Waals surface area contributed by atoms with Crippen LogP contribution < -0.4 is 20.3 Å². The molecule has 0 aliphatic heterocycles. The lowest BCUT2D eigenvalue weighted by Gasteiger charge is -2.29. The van der Waals surface area contributed by atoms with E-state index in [0.717, 1.165) is 60.3 Å². The Morgan fingerprint density at radius 3 is 2.42 bits per heavy atom. The smallest absolute Gasteiger partial charge is 0.225 e. The minimum atomic E-state index is 0.435. The van der Waals surface area contributed by atoms with Gasteiger partial charge in [0.1, 0.15) is 11.6 Å². The number of para-hydroxylation sites is 1. The molecule has 36 heavy (non-hydrogen) atoms. The van der Waals surface area contributed by atoms with Gasteiger partial charge in [-0.25, -0.2) is 4.98 Å². The highest BCUT2D eigenvalue weighted by Gasteiger charge is 2.22. The first-order valence-electron chi connectivity index (χ1n) is 13.1. The Kier molecular flexibility index (Phi) is 7.52. The second-order valence-corrected chi connectivity index (χ2v) is 10.1. The highest BCUT2D eigenvalue weighted by molar-refractivity contribution is 5.90. The fourth-order valence-electron chi connectivity index (χ4n) is 5.45. The molecule has 1 saturated carbocycles. The van der Waals surface area contributed by atoms with E-state index >= 15 is 0 Å². The van der Waals surface area contributed by atoms with Crippen LogP contribution in [0.25, 0.3) is 21.7 Å². The number of methoxy groups -OCH3 is 1. The van der Waals surface area contributed by atoms with Gasteiger partial charge >= 0.3 is 0 Å². The van der Waals surface area contributed by atoms with Crippen LogP contribution in [0, 0.1) is 5.92 Å². The first-order chi connectivity index (χ1) is 17.6. The van der Waals surface area contributed by atoms with Crippen molar-refractivity contribution in [2.24, 2.45) is 5.92 Å². The summed E-state index contributed by atoms with van der Waals surface area (Å²) in [4.78, 5) is 11.7. The van der Waals surface area contributed by atoms with E-state index in [2.05, 4.69) is 64.1 Å². The molecule has 6 heteroatoms. The predicted octanol–water partition coefficient (Wildman–Crippen LogP) is 6.01. The third-order valence-electron chi connectivity index (χ3n) is 7.44. The van der Waals surface area contributed by atoms with Crippen LogP contribution >= 0.6 is 0 Å². The summed E-state index contributed by atoms with van der Waals surface area (Å²) in [5.74, 6) is 3.43. The van der Waals surface area contributed by atoms with Crippen LogP contribution in [0.15, 0.2) is 60.7 Å². The molecule has 0 amide bonds. The molecule has 188 valence electrons. The van der Waals surface area contributed by atoms with Crippen LogP contribution in [0.3, 0.4) is 0 Å². The molecule has 1 aliphatic rings. The van der Waals surface area contributed by atoms with Crippen LogP contribution in [-0.2, 0) is 6.54 Å². The normalized spacial score (nSPS) is 17.9. The van der Waals surface area contributed by atoms with E-state index < -0.39 is 0 Å². The van der Waals surface area contributed by atoms with Crippen molar-refractivity contribution >= 4 is 33.4 Å². The van der Waals surface area contributed by atoms with Gasteiger partial charge in [-0.1, -0.05) is 42.5 Å². The van der Waals surface area contributed by atoms with Gasteiger partial charge in [-0.05, 0) is 73.5 Å². The van der Waals surface area contributed by atoms with Crippen molar-refractivity contribution in [1.82, 2.24) is 15.3 Å². The summed E-state index contributed by atoms with van der Waals surface area (Å²) < 4.78 is 5.65. The summed E-state index contributed by atoms with van der Waals surface area (Å²) in [7, 11) is 5.83. The third-order valence-corrected chi connectivity index (χ3v) is 7.44. The molecule has 0 saturated heterocycles. The molecule has 0 unspecified atom stereocenters. The molecule has 1 aliphatic carbocycles. The van der Waals surface area contributed by atoms with Crippen LogP contribution in [0.5, 0.6) is 5.75 Å². The van der Waals surface area contributed by atoms with E-state index in [4.69, 9.17) is 14.7 Å². The van der Waals surface area contributed by atoms with Crippen molar-refractivity contribution < 1.29 is 4.74 Å². The molecule has 4 aromatic rings. The van der Waals surface area contributed by atoms with E-state index in [1.807, 2.05) is 26.2 Å². The number of ether oxygens (including phenoxy) is 1. The number of rotatable bonds is 9. The number of hydrogen-bond acceptors (Lipinski definition) is 6. The summed E-state index contributed by atoms with van der Waals surface area (Å²) in [6.45, 7) is 1.85. The Labute approximate surface area is 214 Å². The number of anilines is 2. The molecular weight excluding hydrogens is 446 g/mol. The van der Waals surface area contributed by atoms with E-state index in [1.54, 1.807) is 7.11 Å². The predicted molar refractivity (Wildman–Crippen MR) is 150 cm³/mol. The molecule has 0 radical (unpaired) electrons.